The first-order valence-corrected chi connectivity index (χ1v) is 4.42. The molecule has 0 spiro atoms. The molecule has 2 heteroatoms. The van der Waals surface area contributed by atoms with Crippen molar-refractivity contribution in [1.29, 1.82) is 0 Å². The zero-order valence-corrected chi connectivity index (χ0v) is 8.48. The zero-order valence-electron chi connectivity index (χ0n) is 8.48. The van der Waals surface area contributed by atoms with Crippen LogP contribution < -0.4 is 0 Å². The number of hydrogen-bond donors (Lipinski definition) is 0. The van der Waals surface area contributed by atoms with Crippen molar-refractivity contribution in [3.63, 3.8) is 0 Å². The van der Waals surface area contributed by atoms with E-state index in [2.05, 4.69) is 18.7 Å². The lowest BCUT2D eigenvalue weighted by Gasteiger charge is -2.14. The highest BCUT2D eigenvalue weighted by molar-refractivity contribution is 5.77. The van der Waals surface area contributed by atoms with Gasteiger partial charge in [0.05, 0.1) is 6.54 Å². The summed E-state index contributed by atoms with van der Waals surface area (Å²) >= 11 is 0. The summed E-state index contributed by atoms with van der Waals surface area (Å²) in [5.41, 5.74) is 0. The number of likely N-dealkylation sites (N-methyl/N-ethyl adjacent to an activating group) is 1. The second kappa shape index (κ2) is 9.63. The molecule has 0 saturated heterocycles. The molecule has 0 atom stereocenters. The number of carbonyl (C=O) groups excluding carboxylic acids is 1. The Morgan fingerprint density at radius 2 is 1.55 bits per heavy atom. The standard InChI is InChI=1S/C7H15NO.C2H6/c1-4-8(5-2)6-7(3)9;1-2/h4-6H2,1-3H3;1-2H3. The van der Waals surface area contributed by atoms with Crippen LogP contribution in [0.15, 0.2) is 0 Å². The molecule has 0 aromatic rings. The molecule has 0 fully saturated rings. The van der Waals surface area contributed by atoms with Gasteiger partial charge in [-0.1, -0.05) is 27.7 Å². The quantitative estimate of drug-likeness (QED) is 0.625. The largest absolute Gasteiger partial charge is 0.299 e. The Bertz CT molecular complexity index is 87.6. The zero-order chi connectivity index (χ0) is 9.28. The maximum atomic E-state index is 10.5. The van der Waals surface area contributed by atoms with Crippen LogP contribution in [0.25, 0.3) is 0 Å². The molecule has 0 aromatic heterocycles. The highest BCUT2D eigenvalue weighted by Crippen LogP contribution is 1.85. The summed E-state index contributed by atoms with van der Waals surface area (Å²) in [4.78, 5) is 12.6. The maximum Gasteiger partial charge on any atom is 0.143 e. The Hall–Kier alpha value is -0.370. The predicted molar refractivity (Wildman–Crippen MR) is 49.8 cm³/mol. The number of ketones is 1. The van der Waals surface area contributed by atoms with E-state index >= 15 is 0 Å². The van der Waals surface area contributed by atoms with Gasteiger partial charge in [0, 0.05) is 0 Å². The number of hydrogen-bond acceptors (Lipinski definition) is 2. The Morgan fingerprint density at radius 1 is 1.18 bits per heavy atom. The average molecular weight is 159 g/mol. The third-order valence-corrected chi connectivity index (χ3v) is 1.34. The first-order valence-electron chi connectivity index (χ1n) is 4.42. The van der Waals surface area contributed by atoms with E-state index in [1.807, 2.05) is 13.8 Å². The first kappa shape index (κ1) is 13.2. The van der Waals surface area contributed by atoms with Crippen molar-refractivity contribution in [1.82, 2.24) is 4.90 Å². The Morgan fingerprint density at radius 3 is 1.64 bits per heavy atom. The molecule has 0 bridgehead atoms. The normalized spacial score (nSPS) is 8.91. The van der Waals surface area contributed by atoms with Crippen LogP contribution in [-0.2, 0) is 4.79 Å². The van der Waals surface area contributed by atoms with Gasteiger partial charge in [0.15, 0.2) is 0 Å². The van der Waals surface area contributed by atoms with Gasteiger partial charge < -0.3 is 0 Å². The van der Waals surface area contributed by atoms with Gasteiger partial charge in [-0.25, -0.2) is 0 Å². The van der Waals surface area contributed by atoms with Crippen LogP contribution in [0, 0.1) is 0 Å². The van der Waals surface area contributed by atoms with Crippen LogP contribution >= 0.6 is 0 Å². The van der Waals surface area contributed by atoms with E-state index in [1.165, 1.54) is 0 Å². The number of Topliss-reactive ketones (excluding diaryl/α,β-unsaturated/α-hetero) is 1. The summed E-state index contributed by atoms with van der Waals surface area (Å²) in [5.74, 6) is 0.249. The van der Waals surface area contributed by atoms with Crippen LogP contribution in [-0.4, -0.2) is 30.3 Å². The van der Waals surface area contributed by atoms with Crippen LogP contribution in [0.3, 0.4) is 0 Å². The monoisotopic (exact) mass is 159 g/mol. The third-order valence-electron chi connectivity index (χ3n) is 1.34. The van der Waals surface area contributed by atoms with Gasteiger partial charge in [-0.15, -0.1) is 0 Å². The summed E-state index contributed by atoms with van der Waals surface area (Å²) < 4.78 is 0. The number of carbonyl (C=O) groups is 1. The minimum absolute atomic E-state index is 0.249. The van der Waals surface area contributed by atoms with Crippen molar-refractivity contribution < 1.29 is 4.79 Å². The summed E-state index contributed by atoms with van der Waals surface area (Å²) in [7, 11) is 0. The molecule has 68 valence electrons. The molecule has 0 aromatic carbocycles. The lowest BCUT2D eigenvalue weighted by Crippen LogP contribution is -2.27. The van der Waals surface area contributed by atoms with Gasteiger partial charge in [0.25, 0.3) is 0 Å². The predicted octanol–water partition coefficient (Wildman–Crippen LogP) is 1.94. The SMILES string of the molecule is CC.CCN(CC)CC(C)=O. The molecule has 0 unspecified atom stereocenters. The lowest BCUT2D eigenvalue weighted by molar-refractivity contribution is -0.118. The molecule has 0 heterocycles. The Kier molecular flexibility index (Phi) is 11.6. The van der Waals surface area contributed by atoms with Gasteiger partial charge in [-0.3, -0.25) is 9.69 Å². The molecule has 0 aliphatic carbocycles. The average Bonchev–Trinajstić information content (AvgIpc) is 2.03. The van der Waals surface area contributed by atoms with Crippen molar-refractivity contribution in [2.45, 2.75) is 34.6 Å². The molecule has 2 nitrogen and oxygen atoms in total. The van der Waals surface area contributed by atoms with Gasteiger partial charge in [-0.2, -0.15) is 0 Å². The molecule has 0 rings (SSSR count). The molecule has 0 radical (unpaired) electrons. The van der Waals surface area contributed by atoms with Gasteiger partial charge in [-0.05, 0) is 20.0 Å². The highest BCUT2D eigenvalue weighted by Gasteiger charge is 1.99. The van der Waals surface area contributed by atoms with E-state index in [4.69, 9.17) is 0 Å². The van der Waals surface area contributed by atoms with Crippen molar-refractivity contribution in [3.05, 3.63) is 0 Å². The molecule has 11 heavy (non-hydrogen) atoms. The second-order valence-electron chi connectivity index (χ2n) is 2.16. The van der Waals surface area contributed by atoms with Crippen molar-refractivity contribution >= 4 is 5.78 Å². The molecular formula is C9H21NO. The summed E-state index contributed by atoms with van der Waals surface area (Å²) in [6, 6.07) is 0. The van der Waals surface area contributed by atoms with Crippen LogP contribution in [0.4, 0.5) is 0 Å². The second-order valence-corrected chi connectivity index (χ2v) is 2.16. The van der Waals surface area contributed by atoms with E-state index in [0.717, 1.165) is 13.1 Å². The van der Waals surface area contributed by atoms with E-state index in [1.54, 1.807) is 6.92 Å². The molecular weight excluding hydrogens is 138 g/mol. The smallest absolute Gasteiger partial charge is 0.143 e. The summed E-state index contributed by atoms with van der Waals surface area (Å²) in [6.07, 6.45) is 0. The van der Waals surface area contributed by atoms with E-state index in [-0.39, 0.29) is 5.78 Å². The minimum atomic E-state index is 0.249. The summed E-state index contributed by atoms with van der Waals surface area (Å²) in [6.45, 7) is 12.3. The van der Waals surface area contributed by atoms with Crippen LogP contribution in [0.1, 0.15) is 34.6 Å². The van der Waals surface area contributed by atoms with E-state index in [0.29, 0.717) is 6.54 Å². The van der Waals surface area contributed by atoms with Crippen molar-refractivity contribution in [3.8, 4) is 0 Å². The lowest BCUT2D eigenvalue weighted by atomic mass is 10.4. The van der Waals surface area contributed by atoms with Crippen LogP contribution in [0.5, 0.6) is 0 Å². The van der Waals surface area contributed by atoms with E-state index < -0.39 is 0 Å². The summed E-state index contributed by atoms with van der Waals surface area (Å²) in [5, 5.41) is 0. The van der Waals surface area contributed by atoms with Gasteiger partial charge in [0.1, 0.15) is 5.78 Å². The molecule has 0 N–H and O–H groups in total. The molecule has 0 aliphatic rings. The van der Waals surface area contributed by atoms with Gasteiger partial charge in [0.2, 0.25) is 0 Å². The molecule has 0 saturated carbocycles. The van der Waals surface area contributed by atoms with Crippen LogP contribution in [0.2, 0.25) is 0 Å². The fourth-order valence-corrected chi connectivity index (χ4v) is 0.762. The number of rotatable bonds is 4. The Balaban J connectivity index is 0. The third kappa shape index (κ3) is 9.63. The van der Waals surface area contributed by atoms with E-state index in [9.17, 15) is 4.79 Å². The maximum absolute atomic E-state index is 10.5. The number of nitrogens with zero attached hydrogens (tertiary/aromatic N) is 1. The molecule has 0 aliphatic heterocycles. The minimum Gasteiger partial charge on any atom is -0.299 e. The molecule has 0 amide bonds. The van der Waals surface area contributed by atoms with Crippen molar-refractivity contribution in [2.75, 3.05) is 19.6 Å². The fourth-order valence-electron chi connectivity index (χ4n) is 0.762. The fraction of sp³-hybridized carbons (Fsp3) is 0.889. The Labute approximate surface area is 70.6 Å². The van der Waals surface area contributed by atoms with Gasteiger partial charge >= 0.3 is 0 Å². The first-order chi connectivity index (χ1) is 5.20. The topological polar surface area (TPSA) is 20.3 Å². The van der Waals surface area contributed by atoms with Crippen molar-refractivity contribution in [2.24, 2.45) is 0 Å². The highest BCUT2D eigenvalue weighted by atomic mass is 16.1.